The predicted octanol–water partition coefficient (Wildman–Crippen LogP) is 2.54. The number of nitrogens with zero attached hydrogens (tertiary/aromatic N) is 1. The second-order valence-corrected chi connectivity index (χ2v) is 6.50. The van der Waals surface area contributed by atoms with E-state index < -0.39 is 0 Å². The molecule has 0 fully saturated rings. The smallest absolute Gasteiger partial charge is 0.251 e. The van der Waals surface area contributed by atoms with Crippen molar-refractivity contribution in [3.63, 3.8) is 0 Å². The van der Waals surface area contributed by atoms with Crippen molar-refractivity contribution in [2.24, 2.45) is 0 Å². The fourth-order valence-corrected chi connectivity index (χ4v) is 3.39. The van der Waals surface area contributed by atoms with Crippen LogP contribution in [0.4, 0.5) is 5.69 Å². The van der Waals surface area contributed by atoms with Crippen LogP contribution >= 0.6 is 11.8 Å². The summed E-state index contributed by atoms with van der Waals surface area (Å²) in [5, 5.41) is 5.75. The van der Waals surface area contributed by atoms with E-state index in [1.54, 1.807) is 18.5 Å². The fourth-order valence-electron chi connectivity index (χ4n) is 2.60. The normalized spacial score (nSPS) is 13.4. The number of nitrogens with one attached hydrogen (secondary N) is 3. The highest BCUT2D eigenvalue weighted by Crippen LogP contribution is 2.31. The number of fused-ring (bicyclic) bond motifs is 2. The van der Waals surface area contributed by atoms with E-state index in [-0.39, 0.29) is 11.8 Å². The van der Waals surface area contributed by atoms with E-state index in [4.69, 9.17) is 0 Å². The zero-order valence-electron chi connectivity index (χ0n) is 12.6. The van der Waals surface area contributed by atoms with Crippen LogP contribution in [0.25, 0.3) is 11.0 Å². The summed E-state index contributed by atoms with van der Waals surface area (Å²) in [6.07, 6.45) is 1.60. The van der Waals surface area contributed by atoms with Crippen LogP contribution in [0.5, 0.6) is 0 Å². The van der Waals surface area contributed by atoms with E-state index in [2.05, 4.69) is 20.6 Å². The molecule has 1 aliphatic rings. The molecule has 0 unspecified atom stereocenters. The summed E-state index contributed by atoms with van der Waals surface area (Å²) in [5.41, 5.74) is 3.98. The average molecular weight is 338 g/mol. The second kappa shape index (κ2) is 6.01. The number of rotatable bonds is 3. The van der Waals surface area contributed by atoms with E-state index in [1.165, 1.54) is 11.8 Å². The number of aromatic nitrogens is 2. The molecule has 0 radical (unpaired) electrons. The van der Waals surface area contributed by atoms with Gasteiger partial charge >= 0.3 is 0 Å². The molecule has 4 rings (SSSR count). The lowest BCUT2D eigenvalue weighted by atomic mass is 10.1. The summed E-state index contributed by atoms with van der Waals surface area (Å²) in [7, 11) is 0. The molecule has 0 atom stereocenters. The molecule has 7 heteroatoms. The highest BCUT2D eigenvalue weighted by Gasteiger charge is 2.15. The molecule has 0 saturated carbocycles. The quantitative estimate of drug-likeness (QED) is 0.685. The molecule has 6 nitrogen and oxygen atoms in total. The SMILES string of the molecule is O=C1CSc2ccc(CNC(=O)c3ccc4nc[nH]c4c3)cc2N1. The van der Waals surface area contributed by atoms with Crippen molar-refractivity contribution in [2.45, 2.75) is 11.4 Å². The Balaban J connectivity index is 1.47. The minimum atomic E-state index is -0.150. The van der Waals surface area contributed by atoms with E-state index in [0.29, 0.717) is 17.9 Å². The Morgan fingerprint density at radius 3 is 3.08 bits per heavy atom. The number of benzene rings is 2. The van der Waals surface area contributed by atoms with Gasteiger partial charge in [-0.05, 0) is 35.9 Å². The third-order valence-corrected chi connectivity index (χ3v) is 4.89. The lowest BCUT2D eigenvalue weighted by Crippen LogP contribution is -2.23. The van der Waals surface area contributed by atoms with E-state index in [9.17, 15) is 9.59 Å². The summed E-state index contributed by atoms with van der Waals surface area (Å²) < 4.78 is 0. The summed E-state index contributed by atoms with van der Waals surface area (Å²) in [5.74, 6) is 0.295. The molecule has 0 aliphatic carbocycles. The zero-order valence-corrected chi connectivity index (χ0v) is 13.4. The standard InChI is InChI=1S/C17H14N4O2S/c22-16-8-24-15-4-1-10(5-14(15)21-16)7-18-17(23)11-2-3-12-13(6-11)20-9-19-12/h1-6,9H,7-8H2,(H,18,23)(H,19,20)(H,21,22). The van der Waals surface area contributed by atoms with Crippen molar-refractivity contribution >= 4 is 40.3 Å². The van der Waals surface area contributed by atoms with Crippen LogP contribution in [0.15, 0.2) is 47.6 Å². The molecule has 0 bridgehead atoms. The lowest BCUT2D eigenvalue weighted by molar-refractivity contribution is -0.113. The molecule has 2 aromatic carbocycles. The number of carbonyl (C=O) groups is 2. The minimum absolute atomic E-state index is 0.00143. The Bertz CT molecular complexity index is 951. The summed E-state index contributed by atoms with van der Waals surface area (Å²) in [6, 6.07) is 11.2. The van der Waals surface area contributed by atoms with Crippen LogP contribution in [0, 0.1) is 0 Å². The number of carbonyl (C=O) groups excluding carboxylic acids is 2. The van der Waals surface area contributed by atoms with Gasteiger partial charge in [-0.15, -0.1) is 11.8 Å². The molecule has 2 heterocycles. The lowest BCUT2D eigenvalue weighted by Gasteiger charge is -2.17. The number of hydrogen-bond donors (Lipinski definition) is 3. The fraction of sp³-hybridized carbons (Fsp3) is 0.118. The molecule has 0 spiro atoms. The van der Waals surface area contributed by atoms with Gasteiger partial charge in [0, 0.05) is 17.0 Å². The van der Waals surface area contributed by atoms with E-state index in [0.717, 1.165) is 27.2 Å². The van der Waals surface area contributed by atoms with Crippen LogP contribution < -0.4 is 10.6 Å². The largest absolute Gasteiger partial charge is 0.348 e. The summed E-state index contributed by atoms with van der Waals surface area (Å²) >= 11 is 1.52. The van der Waals surface area contributed by atoms with Crippen LogP contribution in [0.1, 0.15) is 15.9 Å². The maximum absolute atomic E-state index is 12.3. The number of thioether (sulfide) groups is 1. The number of anilines is 1. The van der Waals surface area contributed by atoms with Crippen molar-refractivity contribution in [2.75, 3.05) is 11.1 Å². The first-order chi connectivity index (χ1) is 11.7. The van der Waals surface area contributed by atoms with Crippen LogP contribution in [-0.4, -0.2) is 27.5 Å². The van der Waals surface area contributed by atoms with Crippen LogP contribution in [-0.2, 0) is 11.3 Å². The van der Waals surface area contributed by atoms with Gasteiger partial charge in [-0.1, -0.05) is 6.07 Å². The molecule has 120 valence electrons. The van der Waals surface area contributed by atoms with Gasteiger partial charge in [0.1, 0.15) is 0 Å². The number of H-pyrrole nitrogens is 1. The molecule has 1 aliphatic heterocycles. The Morgan fingerprint density at radius 2 is 2.17 bits per heavy atom. The molecule has 1 aromatic heterocycles. The Labute approximate surface area is 142 Å². The van der Waals surface area contributed by atoms with Gasteiger partial charge in [0.2, 0.25) is 5.91 Å². The van der Waals surface area contributed by atoms with Crippen molar-refractivity contribution in [1.29, 1.82) is 0 Å². The summed E-state index contributed by atoms with van der Waals surface area (Å²) in [6.45, 7) is 0.396. The molecule has 0 saturated heterocycles. The van der Waals surface area contributed by atoms with E-state index in [1.807, 2.05) is 24.3 Å². The van der Waals surface area contributed by atoms with Crippen molar-refractivity contribution in [3.05, 3.63) is 53.9 Å². The predicted molar refractivity (Wildman–Crippen MR) is 93.1 cm³/mol. The molecule has 3 aromatic rings. The third kappa shape index (κ3) is 2.85. The average Bonchev–Trinajstić information content (AvgIpc) is 3.06. The van der Waals surface area contributed by atoms with Crippen molar-refractivity contribution in [3.8, 4) is 0 Å². The topological polar surface area (TPSA) is 86.9 Å². The van der Waals surface area contributed by atoms with Gasteiger partial charge in [-0.3, -0.25) is 9.59 Å². The van der Waals surface area contributed by atoms with Gasteiger partial charge < -0.3 is 15.6 Å². The molecule has 3 N–H and O–H groups in total. The van der Waals surface area contributed by atoms with Gasteiger partial charge in [-0.25, -0.2) is 4.98 Å². The molecule has 24 heavy (non-hydrogen) atoms. The van der Waals surface area contributed by atoms with Crippen molar-refractivity contribution < 1.29 is 9.59 Å². The first-order valence-electron chi connectivity index (χ1n) is 7.46. The number of amides is 2. The van der Waals surface area contributed by atoms with E-state index >= 15 is 0 Å². The summed E-state index contributed by atoms with van der Waals surface area (Å²) in [4.78, 5) is 31.9. The van der Waals surface area contributed by atoms with Crippen molar-refractivity contribution in [1.82, 2.24) is 15.3 Å². The second-order valence-electron chi connectivity index (χ2n) is 5.48. The highest BCUT2D eigenvalue weighted by atomic mass is 32.2. The zero-order chi connectivity index (χ0) is 16.5. The Kier molecular flexibility index (Phi) is 3.70. The van der Waals surface area contributed by atoms with Crippen LogP contribution in [0.2, 0.25) is 0 Å². The first-order valence-corrected chi connectivity index (χ1v) is 8.44. The third-order valence-electron chi connectivity index (χ3n) is 3.81. The first kappa shape index (κ1) is 14.8. The van der Waals surface area contributed by atoms with Gasteiger partial charge in [0.25, 0.3) is 5.91 Å². The molecular formula is C17H14N4O2S. The number of aromatic amines is 1. The minimum Gasteiger partial charge on any atom is -0.348 e. The number of hydrogen-bond acceptors (Lipinski definition) is 4. The Morgan fingerprint density at radius 1 is 1.25 bits per heavy atom. The number of imidazole rings is 1. The van der Waals surface area contributed by atoms with Gasteiger partial charge in [-0.2, -0.15) is 0 Å². The molecule has 2 amide bonds. The maximum atomic E-state index is 12.3. The van der Waals surface area contributed by atoms with Gasteiger partial charge in [0.15, 0.2) is 0 Å². The Hall–Kier alpha value is -2.80. The monoisotopic (exact) mass is 338 g/mol. The highest BCUT2D eigenvalue weighted by molar-refractivity contribution is 8.00. The molecular weight excluding hydrogens is 324 g/mol. The van der Waals surface area contributed by atoms with Gasteiger partial charge in [0.05, 0.1) is 28.8 Å². The van der Waals surface area contributed by atoms with Crippen LogP contribution in [0.3, 0.4) is 0 Å². The maximum Gasteiger partial charge on any atom is 0.251 e.